The fraction of sp³-hybridized carbons (Fsp3) is 0.500. The molecule has 5 heteroatoms. The smallest absolute Gasteiger partial charge is 0.298 e. The fourth-order valence-electron chi connectivity index (χ4n) is 7.87. The highest BCUT2D eigenvalue weighted by atomic mass is 31.2. The molecule has 3 aromatic carbocycles. The molecule has 0 saturated carbocycles. The van der Waals surface area contributed by atoms with Crippen LogP contribution in [0.1, 0.15) is 115 Å². The van der Waals surface area contributed by atoms with Gasteiger partial charge in [0.1, 0.15) is 0 Å². The predicted octanol–water partition coefficient (Wildman–Crippen LogP) is 10.2. The van der Waals surface area contributed by atoms with Crippen LogP contribution in [0.3, 0.4) is 0 Å². The largest absolute Gasteiger partial charge is 0.305 e. The first-order chi connectivity index (χ1) is 19.7. The monoisotopic (exact) mass is 595 g/mol. The van der Waals surface area contributed by atoms with Crippen LogP contribution in [0, 0.1) is 19.3 Å². The molecule has 0 bridgehead atoms. The summed E-state index contributed by atoms with van der Waals surface area (Å²) in [7, 11) is -1.38. The standard InChI is InChI=1S/C38H50N3OP/c1-22(2)26-18-25(35(5,6)7)19-31-32(26)34-39-29-20-27-28(37(10,11)38(12,13)36(27,8)9)21-30(29)41(34)43(42,40(31)14)33-23(3)16-15-17-24(33)4/h15-22H,1-14H3. The van der Waals surface area contributed by atoms with E-state index in [0.717, 1.165) is 44.5 Å². The van der Waals surface area contributed by atoms with Crippen LogP contribution in [0.25, 0.3) is 22.4 Å². The van der Waals surface area contributed by atoms with E-state index in [9.17, 15) is 0 Å². The lowest BCUT2D eigenvalue weighted by Gasteiger charge is -2.44. The lowest BCUT2D eigenvalue weighted by Crippen LogP contribution is -2.42. The van der Waals surface area contributed by atoms with Crippen molar-refractivity contribution in [1.29, 1.82) is 0 Å². The first-order valence-electron chi connectivity index (χ1n) is 15.9. The number of nitrogens with zero attached hydrogens (tertiary/aromatic N) is 3. The van der Waals surface area contributed by atoms with Crippen molar-refractivity contribution in [2.45, 2.75) is 112 Å². The Morgan fingerprint density at radius 1 is 0.860 bits per heavy atom. The highest BCUT2D eigenvalue weighted by molar-refractivity contribution is 7.72. The number of benzene rings is 3. The highest BCUT2D eigenvalue weighted by Gasteiger charge is 2.57. The molecule has 0 radical (unpaired) electrons. The zero-order valence-electron chi connectivity index (χ0n) is 28.8. The first-order valence-corrected chi connectivity index (χ1v) is 17.5. The van der Waals surface area contributed by atoms with Crippen LogP contribution in [0.4, 0.5) is 5.69 Å². The maximum Gasteiger partial charge on any atom is 0.298 e. The molecule has 0 saturated heterocycles. The van der Waals surface area contributed by atoms with Crippen LogP contribution in [-0.4, -0.2) is 16.4 Å². The molecular weight excluding hydrogens is 545 g/mol. The summed E-state index contributed by atoms with van der Waals surface area (Å²) in [6, 6.07) is 15.6. The molecular formula is C38H50N3OP. The highest BCUT2D eigenvalue weighted by Crippen LogP contribution is 2.65. The summed E-state index contributed by atoms with van der Waals surface area (Å²) in [6.45, 7) is 29.8. The maximum atomic E-state index is 16.3. The summed E-state index contributed by atoms with van der Waals surface area (Å²) in [5.74, 6) is 1.11. The van der Waals surface area contributed by atoms with Gasteiger partial charge in [0, 0.05) is 12.6 Å². The van der Waals surface area contributed by atoms with Crippen molar-refractivity contribution in [3.05, 3.63) is 75.8 Å². The van der Waals surface area contributed by atoms with E-state index < -0.39 is 7.44 Å². The second-order valence-corrected chi connectivity index (χ2v) is 18.7. The van der Waals surface area contributed by atoms with Gasteiger partial charge in [-0.05, 0) is 93.0 Å². The van der Waals surface area contributed by atoms with Crippen LogP contribution >= 0.6 is 7.44 Å². The van der Waals surface area contributed by atoms with Crippen molar-refractivity contribution in [2.75, 3.05) is 11.7 Å². The second kappa shape index (κ2) is 8.87. The van der Waals surface area contributed by atoms with Gasteiger partial charge < -0.3 is 4.67 Å². The Balaban J connectivity index is 1.83. The Bertz CT molecular complexity index is 1860. The number of imidazole rings is 1. The normalized spacial score (nSPS) is 21.7. The van der Waals surface area contributed by atoms with E-state index in [2.05, 4.69) is 141 Å². The molecule has 1 aromatic heterocycles. The average Bonchev–Trinajstić information content (AvgIpc) is 3.32. The van der Waals surface area contributed by atoms with Crippen LogP contribution < -0.4 is 9.97 Å². The Morgan fingerprint density at radius 2 is 1.42 bits per heavy atom. The van der Waals surface area contributed by atoms with Gasteiger partial charge >= 0.3 is 0 Å². The van der Waals surface area contributed by atoms with E-state index in [-0.39, 0.29) is 27.6 Å². The molecule has 2 heterocycles. The first kappa shape index (κ1) is 30.2. The van der Waals surface area contributed by atoms with Crippen LogP contribution in [-0.2, 0) is 20.8 Å². The molecule has 1 atom stereocenters. The predicted molar refractivity (Wildman–Crippen MR) is 185 cm³/mol. The zero-order valence-corrected chi connectivity index (χ0v) is 29.7. The number of hydrogen-bond donors (Lipinski definition) is 0. The quantitative estimate of drug-likeness (QED) is 0.216. The average molecular weight is 596 g/mol. The fourth-order valence-corrected chi connectivity index (χ4v) is 11.0. The van der Waals surface area contributed by atoms with Crippen LogP contribution in [0.5, 0.6) is 0 Å². The third kappa shape index (κ3) is 3.68. The van der Waals surface area contributed by atoms with Crippen LogP contribution in [0.15, 0.2) is 42.5 Å². The van der Waals surface area contributed by atoms with Crippen molar-refractivity contribution in [3.63, 3.8) is 0 Å². The SMILES string of the molecule is Cc1cccc(C)c1P1(=O)N(C)c2cc(C(C)(C)C)cc(C(C)C)c2-c2nc3cc4c(cc3n21)C(C)(C)C(C)(C)C4(C)C. The van der Waals surface area contributed by atoms with Crippen molar-refractivity contribution in [1.82, 2.24) is 9.32 Å². The molecule has 1 unspecified atom stereocenters. The minimum atomic E-state index is -3.42. The van der Waals surface area contributed by atoms with Crippen molar-refractivity contribution >= 4 is 29.5 Å². The molecule has 2 aliphatic rings. The van der Waals surface area contributed by atoms with Crippen molar-refractivity contribution in [3.8, 4) is 11.4 Å². The summed E-state index contributed by atoms with van der Waals surface area (Å²) in [4.78, 5) is 5.45. The molecule has 228 valence electrons. The number of aryl methyl sites for hydroxylation is 2. The molecule has 1 aliphatic carbocycles. The van der Waals surface area contributed by atoms with E-state index in [1.807, 2.05) is 7.05 Å². The van der Waals surface area contributed by atoms with Gasteiger partial charge in [-0.25, -0.2) is 4.98 Å². The van der Waals surface area contributed by atoms with Crippen LogP contribution in [0.2, 0.25) is 0 Å². The Hall–Kier alpha value is -2.84. The molecule has 4 nitrogen and oxygen atoms in total. The molecule has 0 fully saturated rings. The summed E-state index contributed by atoms with van der Waals surface area (Å²) >= 11 is 0. The topological polar surface area (TPSA) is 38.1 Å². The van der Waals surface area contributed by atoms with E-state index in [1.54, 1.807) is 0 Å². The van der Waals surface area contributed by atoms with E-state index in [4.69, 9.17) is 4.98 Å². The minimum absolute atomic E-state index is 0.0275. The summed E-state index contributed by atoms with van der Waals surface area (Å²) < 4.78 is 20.5. The van der Waals surface area contributed by atoms with Gasteiger partial charge in [0.2, 0.25) is 0 Å². The Morgan fingerprint density at radius 3 is 1.95 bits per heavy atom. The maximum absolute atomic E-state index is 16.3. The third-order valence-electron chi connectivity index (χ3n) is 11.9. The van der Waals surface area contributed by atoms with Crippen molar-refractivity contribution in [2.24, 2.45) is 5.41 Å². The lowest BCUT2D eigenvalue weighted by molar-refractivity contribution is 0.125. The van der Waals surface area contributed by atoms with E-state index >= 15 is 4.57 Å². The molecule has 0 amide bonds. The van der Waals surface area contributed by atoms with Gasteiger partial charge in [-0.15, -0.1) is 0 Å². The number of anilines is 1. The van der Waals surface area contributed by atoms with Gasteiger partial charge in [0.25, 0.3) is 7.44 Å². The van der Waals surface area contributed by atoms with Gasteiger partial charge in [0.15, 0.2) is 5.82 Å². The van der Waals surface area contributed by atoms with Gasteiger partial charge in [0.05, 0.1) is 22.0 Å². The number of fused-ring (bicyclic) bond motifs is 6. The van der Waals surface area contributed by atoms with Gasteiger partial charge in [-0.3, -0.25) is 8.90 Å². The Kier molecular flexibility index (Phi) is 6.23. The molecule has 6 rings (SSSR count). The molecule has 43 heavy (non-hydrogen) atoms. The Labute approximate surface area is 259 Å². The number of hydrogen-bond acceptors (Lipinski definition) is 2. The van der Waals surface area contributed by atoms with Crippen molar-refractivity contribution < 1.29 is 4.57 Å². The van der Waals surface area contributed by atoms with E-state index in [1.165, 1.54) is 22.3 Å². The molecule has 0 N–H and O–H groups in total. The number of aromatic nitrogens is 2. The summed E-state index contributed by atoms with van der Waals surface area (Å²) in [5, 5.41) is 0.913. The third-order valence-corrected chi connectivity index (χ3v) is 15.1. The lowest BCUT2D eigenvalue weighted by atomic mass is 9.59. The summed E-state index contributed by atoms with van der Waals surface area (Å²) in [5.41, 5.74) is 11.2. The summed E-state index contributed by atoms with van der Waals surface area (Å²) in [6.07, 6.45) is 0. The van der Waals surface area contributed by atoms with E-state index in [0.29, 0.717) is 0 Å². The molecule has 1 aliphatic heterocycles. The second-order valence-electron chi connectivity index (χ2n) is 16.2. The van der Waals surface area contributed by atoms with Gasteiger partial charge in [-0.1, -0.05) is 100 Å². The molecule has 4 aromatic rings. The molecule has 0 spiro atoms. The zero-order chi connectivity index (χ0) is 31.8. The minimum Gasteiger partial charge on any atom is -0.305 e. The number of rotatable bonds is 2. The van der Waals surface area contributed by atoms with Gasteiger partial charge in [-0.2, -0.15) is 0 Å².